The average molecular weight is 554 g/mol. The highest BCUT2D eigenvalue weighted by molar-refractivity contribution is 6.04. The molecule has 0 fully saturated rings. The molecule has 0 radical (unpaired) electrons. The van der Waals surface area contributed by atoms with Crippen LogP contribution in [0.2, 0.25) is 0 Å². The number of amides is 1. The van der Waals surface area contributed by atoms with Gasteiger partial charge < -0.3 is 10.1 Å². The number of halogens is 3. The van der Waals surface area contributed by atoms with Crippen molar-refractivity contribution in [1.29, 1.82) is 0 Å². The predicted molar refractivity (Wildman–Crippen MR) is 144 cm³/mol. The molecule has 0 atom stereocenters. The van der Waals surface area contributed by atoms with Crippen LogP contribution in [0.3, 0.4) is 0 Å². The van der Waals surface area contributed by atoms with Crippen LogP contribution in [0.1, 0.15) is 10.4 Å². The predicted octanol–water partition coefficient (Wildman–Crippen LogP) is 5.63. The second-order valence-corrected chi connectivity index (χ2v) is 8.75. The van der Waals surface area contributed by atoms with Crippen LogP contribution in [0.25, 0.3) is 28.0 Å². The third-order valence-electron chi connectivity index (χ3n) is 6.11. The summed E-state index contributed by atoms with van der Waals surface area (Å²) in [5.41, 5.74) is 0.770. The highest BCUT2D eigenvalue weighted by Gasteiger charge is 2.18. The lowest BCUT2D eigenvalue weighted by Crippen LogP contribution is -2.29. The van der Waals surface area contributed by atoms with Crippen LogP contribution in [-0.2, 0) is 0 Å². The monoisotopic (exact) mass is 554 g/mol. The van der Waals surface area contributed by atoms with Crippen molar-refractivity contribution in [3.8, 4) is 28.4 Å². The Bertz CT molecular complexity index is 1970. The molecule has 0 aliphatic rings. The first-order valence-corrected chi connectivity index (χ1v) is 12.1. The third-order valence-corrected chi connectivity index (χ3v) is 6.11. The highest BCUT2D eigenvalue weighted by atomic mass is 19.1. The van der Waals surface area contributed by atoms with Gasteiger partial charge >= 0.3 is 0 Å². The molecule has 0 unspecified atom stereocenters. The molecule has 6 rings (SSSR count). The molecule has 3 heterocycles. The summed E-state index contributed by atoms with van der Waals surface area (Å²) in [6.45, 7) is 0. The summed E-state index contributed by atoms with van der Waals surface area (Å²) in [6.07, 6.45) is 2.72. The smallest absolute Gasteiger partial charge is 0.284 e. The molecule has 0 bridgehead atoms. The number of benzene rings is 3. The zero-order valence-corrected chi connectivity index (χ0v) is 20.8. The van der Waals surface area contributed by atoms with Crippen LogP contribution in [0.5, 0.6) is 11.5 Å². The van der Waals surface area contributed by atoms with Gasteiger partial charge in [0.05, 0.1) is 11.1 Å². The maximum Gasteiger partial charge on any atom is 0.284 e. The van der Waals surface area contributed by atoms with Gasteiger partial charge in [-0.2, -0.15) is 14.9 Å². The van der Waals surface area contributed by atoms with Crippen LogP contribution >= 0.6 is 0 Å². The van der Waals surface area contributed by atoms with Crippen LogP contribution in [0.15, 0.2) is 96.1 Å². The first-order valence-electron chi connectivity index (χ1n) is 12.1. The van der Waals surface area contributed by atoms with E-state index >= 15 is 4.39 Å². The van der Waals surface area contributed by atoms with Crippen molar-refractivity contribution in [1.82, 2.24) is 25.0 Å². The van der Waals surface area contributed by atoms with Crippen molar-refractivity contribution >= 4 is 22.6 Å². The van der Waals surface area contributed by atoms with Gasteiger partial charge in [0.15, 0.2) is 17.2 Å². The van der Waals surface area contributed by atoms with Crippen molar-refractivity contribution in [3.05, 3.63) is 125 Å². The van der Waals surface area contributed by atoms with Gasteiger partial charge in [0.25, 0.3) is 11.5 Å². The van der Waals surface area contributed by atoms with Crippen molar-refractivity contribution in [3.63, 3.8) is 0 Å². The number of fused-ring (bicyclic) bond motifs is 1. The molecular formula is C29H17F3N6O3. The Morgan fingerprint density at radius 3 is 2.32 bits per heavy atom. The molecule has 0 aliphatic heterocycles. The van der Waals surface area contributed by atoms with Crippen molar-refractivity contribution in [2.24, 2.45) is 0 Å². The number of anilines is 1. The molecule has 6 aromatic rings. The zero-order chi connectivity index (χ0) is 28.5. The van der Waals surface area contributed by atoms with Gasteiger partial charge in [-0.25, -0.2) is 18.2 Å². The summed E-state index contributed by atoms with van der Waals surface area (Å²) in [5, 5.41) is 13.9. The third kappa shape index (κ3) is 5.01. The van der Waals surface area contributed by atoms with Gasteiger partial charge in [0, 0.05) is 29.7 Å². The number of pyridine rings is 1. The first-order chi connectivity index (χ1) is 19.9. The molecule has 202 valence electrons. The van der Waals surface area contributed by atoms with Crippen LogP contribution in [0, 0.1) is 17.5 Å². The minimum absolute atomic E-state index is 0.0691. The fraction of sp³-hybridized carbons (Fsp3) is 0. The highest BCUT2D eigenvalue weighted by Crippen LogP contribution is 2.36. The Hall–Kier alpha value is -5.78. The van der Waals surface area contributed by atoms with E-state index in [-0.39, 0.29) is 28.4 Å². The second-order valence-electron chi connectivity index (χ2n) is 8.75. The minimum Gasteiger partial charge on any atom is -0.453 e. The number of hydrogen-bond donors (Lipinski definition) is 2. The van der Waals surface area contributed by atoms with E-state index in [4.69, 9.17) is 4.74 Å². The van der Waals surface area contributed by atoms with Gasteiger partial charge in [-0.05, 0) is 72.8 Å². The number of carbonyl (C=O) groups is 1. The van der Waals surface area contributed by atoms with E-state index in [0.717, 1.165) is 22.9 Å². The van der Waals surface area contributed by atoms with Gasteiger partial charge in [0.2, 0.25) is 0 Å². The Labute approximate surface area is 228 Å². The van der Waals surface area contributed by atoms with Crippen LogP contribution in [-0.4, -0.2) is 30.9 Å². The summed E-state index contributed by atoms with van der Waals surface area (Å²) < 4.78 is 48.6. The largest absolute Gasteiger partial charge is 0.453 e. The lowest BCUT2D eigenvalue weighted by molar-refractivity contribution is 0.102. The Morgan fingerprint density at radius 2 is 1.59 bits per heavy atom. The van der Waals surface area contributed by atoms with Gasteiger partial charge in [0.1, 0.15) is 28.6 Å². The molecule has 3 aromatic heterocycles. The SMILES string of the molecule is O=C(Nc1ccc(Oc2ccnc3[nH]nc(-c4ccc(F)cc4)c23)c(F)c1)c1ccnn(-c2ccc(F)cc2)c1=O. The summed E-state index contributed by atoms with van der Waals surface area (Å²) in [7, 11) is 0. The van der Waals surface area contributed by atoms with E-state index < -0.39 is 28.9 Å². The van der Waals surface area contributed by atoms with Crippen molar-refractivity contribution < 1.29 is 22.7 Å². The first kappa shape index (κ1) is 25.5. The summed E-state index contributed by atoms with van der Waals surface area (Å²) >= 11 is 0. The van der Waals surface area contributed by atoms with E-state index in [1.165, 1.54) is 60.9 Å². The Balaban J connectivity index is 1.25. The topological polar surface area (TPSA) is 115 Å². The summed E-state index contributed by atoms with van der Waals surface area (Å²) in [4.78, 5) is 29.9. The van der Waals surface area contributed by atoms with Crippen molar-refractivity contribution in [2.75, 3.05) is 5.32 Å². The summed E-state index contributed by atoms with van der Waals surface area (Å²) in [6, 6.07) is 17.3. The molecule has 9 nitrogen and oxygen atoms in total. The average Bonchev–Trinajstić information content (AvgIpc) is 3.41. The normalized spacial score (nSPS) is 11.0. The molecular weight excluding hydrogens is 537 g/mol. The number of aromatic amines is 1. The lowest BCUT2D eigenvalue weighted by atomic mass is 10.1. The lowest BCUT2D eigenvalue weighted by Gasteiger charge is -2.11. The standard InChI is InChI=1S/C29H17F3N6O3/c30-17-3-1-16(2-4-17)26-25-24(12-13-33-27(25)37-36-26)41-23-10-7-19(15-22(23)32)35-28(39)21-11-14-34-38(29(21)40)20-8-5-18(31)6-9-20/h1-15H,(H,35,39)(H,33,36,37). The Kier molecular flexibility index (Phi) is 6.48. The van der Waals surface area contributed by atoms with E-state index in [1.807, 2.05) is 0 Å². The molecule has 41 heavy (non-hydrogen) atoms. The molecule has 2 N–H and O–H groups in total. The number of ether oxygens (including phenoxy) is 1. The number of nitrogens with one attached hydrogen (secondary N) is 2. The summed E-state index contributed by atoms with van der Waals surface area (Å²) in [5.74, 6) is -2.38. The number of carbonyl (C=O) groups excluding carboxylic acids is 1. The number of H-pyrrole nitrogens is 1. The zero-order valence-electron chi connectivity index (χ0n) is 20.8. The van der Waals surface area contributed by atoms with Gasteiger partial charge in [-0.3, -0.25) is 14.7 Å². The van der Waals surface area contributed by atoms with E-state index in [2.05, 4.69) is 25.6 Å². The Morgan fingerprint density at radius 1 is 0.854 bits per heavy atom. The maximum atomic E-state index is 15.1. The molecule has 12 heteroatoms. The molecule has 0 spiro atoms. The van der Waals surface area contributed by atoms with Gasteiger partial charge in [-0.1, -0.05) is 0 Å². The van der Waals surface area contributed by atoms with Crippen LogP contribution in [0.4, 0.5) is 18.9 Å². The molecule has 3 aromatic carbocycles. The number of hydrogen-bond acceptors (Lipinski definition) is 6. The maximum absolute atomic E-state index is 15.1. The fourth-order valence-electron chi connectivity index (χ4n) is 4.15. The van der Waals surface area contributed by atoms with Crippen LogP contribution < -0.4 is 15.6 Å². The number of aromatic nitrogens is 5. The molecule has 0 saturated carbocycles. The van der Waals surface area contributed by atoms with Gasteiger partial charge in [-0.15, -0.1) is 0 Å². The van der Waals surface area contributed by atoms with Crippen molar-refractivity contribution in [2.45, 2.75) is 0 Å². The minimum atomic E-state index is -0.793. The number of nitrogens with zero attached hydrogens (tertiary/aromatic N) is 4. The van der Waals surface area contributed by atoms with E-state index in [1.54, 1.807) is 12.1 Å². The number of rotatable bonds is 6. The molecule has 0 saturated heterocycles. The molecule has 1 amide bonds. The van der Waals surface area contributed by atoms with E-state index in [9.17, 15) is 18.4 Å². The second kappa shape index (κ2) is 10.4. The fourth-order valence-corrected chi connectivity index (χ4v) is 4.15. The van der Waals surface area contributed by atoms with E-state index in [0.29, 0.717) is 22.3 Å². The molecule has 0 aliphatic carbocycles. The quantitative estimate of drug-likeness (QED) is 0.276.